The van der Waals surface area contributed by atoms with Crippen LogP contribution in [0.1, 0.15) is 18.2 Å². The van der Waals surface area contributed by atoms with Gasteiger partial charge in [0.2, 0.25) is 15.8 Å². The summed E-state index contributed by atoms with van der Waals surface area (Å²) in [6.45, 7) is 7.03. The van der Waals surface area contributed by atoms with Gasteiger partial charge < -0.3 is 14.2 Å². The Balaban J connectivity index is 1.71. The van der Waals surface area contributed by atoms with Crippen LogP contribution in [-0.2, 0) is 23.1 Å². The highest BCUT2D eigenvalue weighted by molar-refractivity contribution is 7.89. The van der Waals surface area contributed by atoms with E-state index in [1.165, 1.54) is 0 Å². The van der Waals surface area contributed by atoms with Crippen LogP contribution < -0.4 is 14.2 Å². The molecular weight excluding hydrogens is 408 g/mol. The molecule has 0 N–H and O–H groups in total. The fourth-order valence-electron chi connectivity index (χ4n) is 3.71. The van der Waals surface area contributed by atoms with Gasteiger partial charge in [-0.2, -0.15) is 9.40 Å². The number of hydrogen-bond acceptors (Lipinski definition) is 7. The topological polar surface area (TPSA) is 86.1 Å². The first kappa shape index (κ1) is 22.4. The van der Waals surface area contributed by atoms with E-state index in [9.17, 15) is 8.42 Å². The van der Waals surface area contributed by atoms with Crippen LogP contribution in [0.5, 0.6) is 17.2 Å². The maximum Gasteiger partial charge on any atom is 0.246 e. The van der Waals surface area contributed by atoms with Crippen molar-refractivity contribution in [3.63, 3.8) is 0 Å². The molecule has 3 rings (SSSR count). The minimum absolute atomic E-state index is 0.291. The summed E-state index contributed by atoms with van der Waals surface area (Å²) in [7, 11) is 1.22. The predicted molar refractivity (Wildman–Crippen MR) is 113 cm³/mol. The summed E-state index contributed by atoms with van der Waals surface area (Å²) in [6, 6.07) is 3.80. The van der Waals surface area contributed by atoms with Crippen LogP contribution >= 0.6 is 0 Å². The minimum atomic E-state index is -3.55. The minimum Gasteiger partial charge on any atom is -0.493 e. The van der Waals surface area contributed by atoms with Crippen molar-refractivity contribution in [3.8, 4) is 17.2 Å². The number of aromatic nitrogens is 2. The zero-order chi connectivity index (χ0) is 21.9. The second-order valence-corrected chi connectivity index (χ2v) is 9.01. The molecule has 9 nitrogen and oxygen atoms in total. The number of benzene rings is 1. The lowest BCUT2D eigenvalue weighted by molar-refractivity contribution is 0.179. The first-order valence-electron chi connectivity index (χ1n) is 9.90. The number of ether oxygens (including phenoxy) is 3. The van der Waals surface area contributed by atoms with Crippen LogP contribution in [0.2, 0.25) is 0 Å². The van der Waals surface area contributed by atoms with E-state index in [1.807, 2.05) is 19.1 Å². The lowest BCUT2D eigenvalue weighted by atomic mass is 10.1. The maximum absolute atomic E-state index is 13.1. The van der Waals surface area contributed by atoms with Crippen LogP contribution in [0.25, 0.3) is 0 Å². The second kappa shape index (κ2) is 9.23. The van der Waals surface area contributed by atoms with Crippen LogP contribution in [0, 0.1) is 6.92 Å². The highest BCUT2D eigenvalue weighted by Crippen LogP contribution is 2.40. The summed E-state index contributed by atoms with van der Waals surface area (Å²) in [5.74, 6) is 1.80. The molecule has 0 aliphatic carbocycles. The number of hydrogen-bond donors (Lipinski definition) is 0. The summed E-state index contributed by atoms with van der Waals surface area (Å²) in [5, 5.41) is 4.27. The standard InChI is InChI=1S/C20H30N4O5S/c1-6-23-14-18(15(2)21-23)30(25,26)24-11-9-22(10-12-24)13-16-7-8-17(27-3)20(29-5)19(16)28-4/h7-8,14H,6,9-13H2,1-5H3. The molecule has 0 saturated carbocycles. The molecule has 0 bridgehead atoms. The highest BCUT2D eigenvalue weighted by atomic mass is 32.2. The van der Waals surface area contributed by atoms with E-state index in [0.717, 1.165) is 5.56 Å². The molecule has 2 heterocycles. The Morgan fingerprint density at radius 2 is 1.67 bits per heavy atom. The van der Waals surface area contributed by atoms with Crippen molar-refractivity contribution >= 4 is 10.0 Å². The quantitative estimate of drug-likeness (QED) is 0.621. The molecule has 0 spiro atoms. The molecule has 1 fully saturated rings. The molecule has 1 saturated heterocycles. The van der Waals surface area contributed by atoms with Gasteiger partial charge in [-0.25, -0.2) is 8.42 Å². The third-order valence-electron chi connectivity index (χ3n) is 5.35. The van der Waals surface area contributed by atoms with Crippen molar-refractivity contribution in [1.29, 1.82) is 0 Å². The Labute approximate surface area is 178 Å². The second-order valence-electron chi connectivity index (χ2n) is 7.11. The average molecular weight is 439 g/mol. The van der Waals surface area contributed by atoms with Crippen molar-refractivity contribution in [2.75, 3.05) is 47.5 Å². The van der Waals surface area contributed by atoms with Gasteiger partial charge in [0, 0.05) is 51.0 Å². The Kier molecular flexibility index (Phi) is 6.89. The van der Waals surface area contributed by atoms with Gasteiger partial charge in [-0.15, -0.1) is 0 Å². The van der Waals surface area contributed by atoms with Gasteiger partial charge in [-0.3, -0.25) is 9.58 Å². The highest BCUT2D eigenvalue weighted by Gasteiger charge is 2.31. The van der Waals surface area contributed by atoms with Crippen LogP contribution in [0.15, 0.2) is 23.2 Å². The molecule has 0 amide bonds. The molecule has 1 aromatic carbocycles. The summed E-state index contributed by atoms with van der Waals surface area (Å²) >= 11 is 0. The first-order chi connectivity index (χ1) is 14.3. The Bertz CT molecular complexity index is 981. The van der Waals surface area contributed by atoms with Crippen molar-refractivity contribution in [3.05, 3.63) is 29.6 Å². The number of nitrogens with zero attached hydrogens (tertiary/aromatic N) is 4. The van der Waals surface area contributed by atoms with Gasteiger partial charge in [0.05, 0.1) is 27.0 Å². The molecule has 1 aliphatic rings. The van der Waals surface area contributed by atoms with Crippen molar-refractivity contribution < 1.29 is 22.6 Å². The average Bonchev–Trinajstić information content (AvgIpc) is 3.15. The van der Waals surface area contributed by atoms with E-state index >= 15 is 0 Å². The zero-order valence-corrected chi connectivity index (χ0v) is 19.0. The molecule has 10 heteroatoms. The van der Waals surface area contributed by atoms with E-state index in [4.69, 9.17) is 14.2 Å². The van der Waals surface area contributed by atoms with Gasteiger partial charge in [0.15, 0.2) is 11.5 Å². The number of methoxy groups -OCH3 is 3. The summed E-state index contributed by atoms with van der Waals surface area (Å²) < 4.78 is 45.7. The molecule has 1 aromatic heterocycles. The fourth-order valence-corrected chi connectivity index (χ4v) is 5.30. The molecule has 30 heavy (non-hydrogen) atoms. The van der Waals surface area contributed by atoms with Gasteiger partial charge in [-0.1, -0.05) is 6.07 Å². The third-order valence-corrected chi connectivity index (χ3v) is 7.36. The lowest BCUT2D eigenvalue weighted by Gasteiger charge is -2.34. The Hall–Kier alpha value is -2.30. The largest absolute Gasteiger partial charge is 0.493 e. The number of aryl methyl sites for hydroxylation is 2. The molecule has 166 valence electrons. The number of rotatable bonds is 8. The SMILES string of the molecule is CCn1cc(S(=O)(=O)N2CCN(Cc3ccc(OC)c(OC)c3OC)CC2)c(C)n1. The Morgan fingerprint density at radius 1 is 1.00 bits per heavy atom. The van der Waals surface area contributed by atoms with Crippen molar-refractivity contribution in [2.24, 2.45) is 0 Å². The number of piperazine rings is 1. The van der Waals surface area contributed by atoms with Crippen LogP contribution in [0.4, 0.5) is 0 Å². The van der Waals surface area contributed by atoms with Gasteiger partial charge in [0.1, 0.15) is 4.90 Å². The molecule has 1 aliphatic heterocycles. The maximum atomic E-state index is 13.1. The lowest BCUT2D eigenvalue weighted by Crippen LogP contribution is -2.48. The normalized spacial score (nSPS) is 15.9. The summed E-state index contributed by atoms with van der Waals surface area (Å²) in [6.07, 6.45) is 1.62. The number of sulfonamides is 1. The van der Waals surface area contributed by atoms with E-state index in [1.54, 1.807) is 43.4 Å². The van der Waals surface area contributed by atoms with Crippen molar-refractivity contribution in [2.45, 2.75) is 31.8 Å². The third kappa shape index (κ3) is 4.26. The van der Waals surface area contributed by atoms with Gasteiger partial charge in [-0.05, 0) is 19.9 Å². The fraction of sp³-hybridized carbons (Fsp3) is 0.550. The smallest absolute Gasteiger partial charge is 0.246 e. The van der Waals surface area contributed by atoms with Crippen molar-refractivity contribution in [1.82, 2.24) is 19.0 Å². The van der Waals surface area contributed by atoms with Gasteiger partial charge in [0.25, 0.3) is 0 Å². The predicted octanol–water partition coefficient (Wildman–Crippen LogP) is 1.74. The van der Waals surface area contributed by atoms with E-state index in [0.29, 0.717) is 67.1 Å². The van der Waals surface area contributed by atoms with E-state index in [2.05, 4.69) is 10.00 Å². The molecule has 0 unspecified atom stereocenters. The molecular formula is C20H30N4O5S. The van der Waals surface area contributed by atoms with E-state index < -0.39 is 10.0 Å². The summed E-state index contributed by atoms with van der Waals surface area (Å²) in [5.41, 5.74) is 1.50. The van der Waals surface area contributed by atoms with E-state index in [-0.39, 0.29) is 0 Å². The monoisotopic (exact) mass is 438 g/mol. The first-order valence-corrected chi connectivity index (χ1v) is 11.3. The van der Waals surface area contributed by atoms with Crippen LogP contribution in [-0.4, -0.2) is 74.9 Å². The Morgan fingerprint density at radius 3 is 2.20 bits per heavy atom. The van der Waals surface area contributed by atoms with Gasteiger partial charge >= 0.3 is 0 Å². The molecule has 2 aromatic rings. The summed E-state index contributed by atoms with van der Waals surface area (Å²) in [4.78, 5) is 2.50. The molecule has 0 atom stereocenters. The van der Waals surface area contributed by atoms with Crippen LogP contribution in [0.3, 0.4) is 0 Å². The zero-order valence-electron chi connectivity index (χ0n) is 18.2. The molecule has 0 radical (unpaired) electrons.